The highest BCUT2D eigenvalue weighted by Crippen LogP contribution is 2.34. The lowest BCUT2D eigenvalue weighted by molar-refractivity contribution is -0.384. The van der Waals surface area contributed by atoms with Gasteiger partial charge in [-0.05, 0) is 57.0 Å². The molecule has 0 saturated carbocycles. The predicted molar refractivity (Wildman–Crippen MR) is 113 cm³/mol. The van der Waals surface area contributed by atoms with Crippen LogP contribution >= 0.6 is 0 Å². The standard InChI is InChI=1S/C22H27N3O4/c1-16-5-11-20(19-10-12-21(26)23-22(16)19)29-15-14-24(2)13-3-4-17-6-8-18(9-7-17)25(27)28/h5-9,11H,3-4,10,12-15H2,1-2H3,(H,23,26). The van der Waals surface area contributed by atoms with Crippen molar-refractivity contribution in [1.29, 1.82) is 0 Å². The smallest absolute Gasteiger partial charge is 0.269 e. The Bertz CT molecular complexity index is 880. The highest BCUT2D eigenvalue weighted by atomic mass is 16.6. The minimum absolute atomic E-state index is 0.0607. The number of fused-ring (bicyclic) bond motifs is 1. The number of nitrogens with one attached hydrogen (secondary N) is 1. The van der Waals surface area contributed by atoms with E-state index < -0.39 is 0 Å². The molecule has 29 heavy (non-hydrogen) atoms. The van der Waals surface area contributed by atoms with Gasteiger partial charge in [-0.2, -0.15) is 0 Å². The minimum atomic E-state index is -0.378. The van der Waals surface area contributed by atoms with Gasteiger partial charge in [0.15, 0.2) is 0 Å². The van der Waals surface area contributed by atoms with Crippen LogP contribution in [0.3, 0.4) is 0 Å². The van der Waals surface area contributed by atoms with Gasteiger partial charge in [0.25, 0.3) is 5.69 Å². The average molecular weight is 397 g/mol. The number of benzene rings is 2. The molecule has 1 heterocycles. The van der Waals surface area contributed by atoms with Crippen LogP contribution in [0.15, 0.2) is 36.4 Å². The Balaban J connectivity index is 1.42. The molecule has 0 atom stereocenters. The van der Waals surface area contributed by atoms with Gasteiger partial charge in [0.2, 0.25) is 5.91 Å². The van der Waals surface area contributed by atoms with Crippen molar-refractivity contribution in [2.75, 3.05) is 32.1 Å². The molecule has 1 N–H and O–H groups in total. The number of anilines is 1. The number of carbonyl (C=O) groups excluding carboxylic acids is 1. The third-order valence-corrected chi connectivity index (χ3v) is 5.23. The lowest BCUT2D eigenvalue weighted by Gasteiger charge is -2.23. The highest BCUT2D eigenvalue weighted by molar-refractivity contribution is 5.95. The van der Waals surface area contributed by atoms with E-state index in [1.807, 2.05) is 31.2 Å². The van der Waals surface area contributed by atoms with Gasteiger partial charge in [0.05, 0.1) is 10.6 Å². The number of ether oxygens (including phenoxy) is 1. The van der Waals surface area contributed by atoms with Crippen LogP contribution in [-0.2, 0) is 17.6 Å². The quantitative estimate of drug-likeness (QED) is 0.515. The number of non-ortho nitro benzene ring substituents is 1. The number of likely N-dealkylation sites (N-methyl/N-ethyl adjacent to an activating group) is 1. The molecule has 2 aromatic carbocycles. The lowest BCUT2D eigenvalue weighted by Crippen LogP contribution is -2.26. The van der Waals surface area contributed by atoms with Gasteiger partial charge in [-0.3, -0.25) is 14.9 Å². The summed E-state index contributed by atoms with van der Waals surface area (Å²) in [4.78, 5) is 24.2. The molecule has 7 nitrogen and oxygen atoms in total. The Kier molecular flexibility index (Phi) is 6.82. The third kappa shape index (κ3) is 5.54. The summed E-state index contributed by atoms with van der Waals surface area (Å²) in [5.41, 5.74) is 4.28. The molecule has 3 rings (SSSR count). The molecule has 2 aromatic rings. The van der Waals surface area contributed by atoms with E-state index in [0.717, 1.165) is 54.1 Å². The zero-order chi connectivity index (χ0) is 20.8. The largest absolute Gasteiger partial charge is 0.492 e. The van der Waals surface area contributed by atoms with Crippen molar-refractivity contribution in [1.82, 2.24) is 4.90 Å². The summed E-state index contributed by atoms with van der Waals surface area (Å²) in [6, 6.07) is 10.7. The van der Waals surface area contributed by atoms with Crippen molar-refractivity contribution >= 4 is 17.3 Å². The zero-order valence-electron chi connectivity index (χ0n) is 16.9. The van der Waals surface area contributed by atoms with E-state index in [1.54, 1.807) is 12.1 Å². The van der Waals surface area contributed by atoms with Crippen LogP contribution in [0.25, 0.3) is 0 Å². The van der Waals surface area contributed by atoms with Crippen molar-refractivity contribution in [2.45, 2.75) is 32.6 Å². The van der Waals surface area contributed by atoms with Crippen molar-refractivity contribution < 1.29 is 14.5 Å². The second-order valence-corrected chi connectivity index (χ2v) is 7.46. The lowest BCUT2D eigenvalue weighted by atomic mass is 9.98. The first-order valence-corrected chi connectivity index (χ1v) is 9.91. The summed E-state index contributed by atoms with van der Waals surface area (Å²) in [5.74, 6) is 0.912. The van der Waals surface area contributed by atoms with Crippen LogP contribution < -0.4 is 10.1 Å². The first kappa shape index (κ1) is 20.8. The van der Waals surface area contributed by atoms with Crippen LogP contribution in [0.1, 0.15) is 29.5 Å². The van der Waals surface area contributed by atoms with E-state index in [-0.39, 0.29) is 16.5 Å². The van der Waals surface area contributed by atoms with Crippen LogP contribution in [0.4, 0.5) is 11.4 Å². The van der Waals surface area contributed by atoms with E-state index in [9.17, 15) is 14.9 Å². The summed E-state index contributed by atoms with van der Waals surface area (Å²) in [6.45, 7) is 4.29. The van der Waals surface area contributed by atoms with Gasteiger partial charge in [-0.15, -0.1) is 0 Å². The highest BCUT2D eigenvalue weighted by Gasteiger charge is 2.20. The molecule has 0 unspecified atom stereocenters. The van der Waals surface area contributed by atoms with Crippen molar-refractivity contribution in [3.8, 4) is 5.75 Å². The summed E-state index contributed by atoms with van der Waals surface area (Å²) in [7, 11) is 2.06. The number of nitrogens with zero attached hydrogens (tertiary/aromatic N) is 2. The zero-order valence-corrected chi connectivity index (χ0v) is 16.9. The Morgan fingerprint density at radius 1 is 1.14 bits per heavy atom. The number of rotatable bonds is 9. The second-order valence-electron chi connectivity index (χ2n) is 7.46. The van der Waals surface area contributed by atoms with Gasteiger partial charge in [-0.25, -0.2) is 0 Å². The Labute approximate surface area is 170 Å². The van der Waals surface area contributed by atoms with Crippen LogP contribution in [-0.4, -0.2) is 42.5 Å². The Morgan fingerprint density at radius 3 is 2.62 bits per heavy atom. The van der Waals surface area contributed by atoms with Crippen LogP contribution in [0, 0.1) is 17.0 Å². The Hall–Kier alpha value is -2.93. The van der Waals surface area contributed by atoms with Crippen molar-refractivity contribution in [3.63, 3.8) is 0 Å². The van der Waals surface area contributed by atoms with Gasteiger partial charge >= 0.3 is 0 Å². The average Bonchev–Trinajstić information content (AvgIpc) is 2.70. The third-order valence-electron chi connectivity index (χ3n) is 5.23. The van der Waals surface area contributed by atoms with Gasteiger partial charge in [0.1, 0.15) is 12.4 Å². The molecular formula is C22H27N3O4. The first-order chi connectivity index (χ1) is 13.9. The molecule has 1 aliphatic heterocycles. The summed E-state index contributed by atoms with van der Waals surface area (Å²) >= 11 is 0. The van der Waals surface area contributed by atoms with Gasteiger partial charge < -0.3 is 15.0 Å². The van der Waals surface area contributed by atoms with Crippen LogP contribution in [0.5, 0.6) is 5.75 Å². The maximum Gasteiger partial charge on any atom is 0.269 e. The maximum absolute atomic E-state index is 11.7. The second kappa shape index (κ2) is 9.52. The van der Waals surface area contributed by atoms with E-state index in [1.165, 1.54) is 0 Å². The molecule has 0 fully saturated rings. The van der Waals surface area contributed by atoms with E-state index in [4.69, 9.17) is 4.74 Å². The molecular weight excluding hydrogens is 370 g/mol. The molecule has 7 heteroatoms. The minimum Gasteiger partial charge on any atom is -0.492 e. The fourth-order valence-corrected chi connectivity index (χ4v) is 3.50. The number of hydrogen-bond donors (Lipinski definition) is 1. The molecule has 0 spiro atoms. The summed E-state index contributed by atoms with van der Waals surface area (Å²) in [5, 5.41) is 13.7. The molecule has 1 aliphatic rings. The molecule has 0 aromatic heterocycles. The van der Waals surface area contributed by atoms with Crippen molar-refractivity contribution in [3.05, 3.63) is 63.2 Å². The molecule has 0 bridgehead atoms. The number of aryl methyl sites for hydroxylation is 2. The van der Waals surface area contributed by atoms with E-state index >= 15 is 0 Å². The molecule has 154 valence electrons. The summed E-state index contributed by atoms with van der Waals surface area (Å²) in [6.07, 6.45) is 3.06. The fourth-order valence-electron chi connectivity index (χ4n) is 3.50. The van der Waals surface area contributed by atoms with E-state index in [2.05, 4.69) is 17.3 Å². The van der Waals surface area contributed by atoms with Gasteiger partial charge in [-0.1, -0.05) is 18.2 Å². The maximum atomic E-state index is 11.7. The monoisotopic (exact) mass is 397 g/mol. The fraction of sp³-hybridized carbons (Fsp3) is 0.409. The van der Waals surface area contributed by atoms with Crippen molar-refractivity contribution in [2.24, 2.45) is 0 Å². The SMILES string of the molecule is Cc1ccc(OCCN(C)CCCc2ccc([N+](=O)[O-])cc2)c2c1NC(=O)CC2. The normalized spacial score (nSPS) is 13.1. The summed E-state index contributed by atoms with van der Waals surface area (Å²) < 4.78 is 6.01. The predicted octanol–water partition coefficient (Wildman–Crippen LogP) is 3.73. The first-order valence-electron chi connectivity index (χ1n) is 9.91. The molecule has 0 radical (unpaired) electrons. The Morgan fingerprint density at radius 2 is 1.90 bits per heavy atom. The van der Waals surface area contributed by atoms with Crippen LogP contribution in [0.2, 0.25) is 0 Å². The number of amides is 1. The van der Waals surface area contributed by atoms with Gasteiger partial charge in [0, 0.05) is 30.7 Å². The molecule has 0 aliphatic carbocycles. The number of nitro benzene ring substituents is 1. The number of carbonyl (C=O) groups is 1. The number of hydrogen-bond acceptors (Lipinski definition) is 5. The molecule has 1 amide bonds. The van der Waals surface area contributed by atoms with E-state index in [0.29, 0.717) is 19.4 Å². The number of nitro groups is 1. The topological polar surface area (TPSA) is 84.7 Å². The molecule has 0 saturated heterocycles.